The standard InChI is InChI=1S/C27H33N2O4S2/c1-27(2)23-16-20(26(32)33-22-17-34-35-18-22)7-10-24(23)28(3)25(27)11-6-19-4-8-21(9-5-19)29(12-14-30)13-15-31/h4-11,16,22,30-31H,12-15,17-18H2,1-3H3/q+1. The molecular weight excluding hydrogens is 480 g/mol. The highest BCUT2D eigenvalue weighted by atomic mass is 33.1. The van der Waals surface area contributed by atoms with E-state index in [1.807, 2.05) is 47.4 Å². The lowest BCUT2D eigenvalue weighted by molar-refractivity contribution is -0.401. The van der Waals surface area contributed by atoms with Crippen LogP contribution in [-0.2, 0) is 10.2 Å². The van der Waals surface area contributed by atoms with E-state index in [0.717, 1.165) is 39.7 Å². The summed E-state index contributed by atoms with van der Waals surface area (Å²) in [6.45, 7) is 5.41. The number of carbonyl (C=O) groups excluding carboxylic acids is 1. The van der Waals surface area contributed by atoms with Gasteiger partial charge in [-0.05, 0) is 49.8 Å². The van der Waals surface area contributed by atoms with Gasteiger partial charge in [0.25, 0.3) is 0 Å². The van der Waals surface area contributed by atoms with Crippen LogP contribution in [0.2, 0.25) is 0 Å². The van der Waals surface area contributed by atoms with Gasteiger partial charge in [0.2, 0.25) is 5.69 Å². The fraction of sp³-hybridized carbons (Fsp3) is 0.407. The molecule has 2 N–H and O–H groups in total. The second-order valence-corrected chi connectivity index (χ2v) is 11.8. The van der Waals surface area contributed by atoms with Gasteiger partial charge >= 0.3 is 5.97 Å². The molecule has 2 aromatic carbocycles. The van der Waals surface area contributed by atoms with E-state index in [4.69, 9.17) is 4.74 Å². The Bertz CT molecular complexity index is 1120. The van der Waals surface area contributed by atoms with Crippen LogP contribution < -0.4 is 4.90 Å². The fourth-order valence-electron chi connectivity index (χ4n) is 4.63. The summed E-state index contributed by atoms with van der Waals surface area (Å²) in [5.74, 6) is 1.44. The van der Waals surface area contributed by atoms with E-state index >= 15 is 0 Å². The van der Waals surface area contributed by atoms with E-state index in [1.165, 1.54) is 0 Å². The summed E-state index contributed by atoms with van der Waals surface area (Å²) in [6, 6.07) is 13.9. The average Bonchev–Trinajstić information content (AvgIpc) is 3.42. The second kappa shape index (κ2) is 11.2. The molecule has 0 aromatic heterocycles. The zero-order chi connectivity index (χ0) is 25.0. The summed E-state index contributed by atoms with van der Waals surface area (Å²) in [5, 5.41) is 18.5. The van der Waals surface area contributed by atoms with E-state index in [-0.39, 0.29) is 30.7 Å². The van der Waals surface area contributed by atoms with Gasteiger partial charge in [-0.3, -0.25) is 0 Å². The van der Waals surface area contributed by atoms with Crippen LogP contribution in [0.5, 0.6) is 0 Å². The molecule has 2 aliphatic heterocycles. The molecule has 2 aromatic rings. The van der Waals surface area contributed by atoms with Crippen molar-refractivity contribution in [2.24, 2.45) is 0 Å². The van der Waals surface area contributed by atoms with Crippen LogP contribution in [0, 0.1) is 0 Å². The fourth-order valence-corrected chi connectivity index (χ4v) is 7.13. The first kappa shape index (κ1) is 25.8. The Morgan fingerprint density at radius 1 is 1.09 bits per heavy atom. The van der Waals surface area contributed by atoms with Crippen molar-refractivity contribution in [1.82, 2.24) is 0 Å². The molecule has 0 spiro atoms. The summed E-state index contributed by atoms with van der Waals surface area (Å²) >= 11 is 0. The van der Waals surface area contributed by atoms with Gasteiger partial charge in [-0.25, -0.2) is 4.79 Å². The molecule has 0 amide bonds. The zero-order valence-electron chi connectivity index (χ0n) is 20.4. The molecule has 186 valence electrons. The van der Waals surface area contributed by atoms with Crippen molar-refractivity contribution in [3.05, 3.63) is 65.2 Å². The maximum atomic E-state index is 12.7. The average molecular weight is 514 g/mol. The van der Waals surface area contributed by atoms with Gasteiger partial charge in [-0.2, -0.15) is 4.58 Å². The molecule has 0 bridgehead atoms. The van der Waals surface area contributed by atoms with Crippen molar-refractivity contribution in [2.45, 2.75) is 25.4 Å². The quantitative estimate of drug-likeness (QED) is 0.297. The number of rotatable bonds is 9. The maximum Gasteiger partial charge on any atom is 0.338 e. The van der Waals surface area contributed by atoms with Gasteiger partial charge in [0, 0.05) is 48.0 Å². The van der Waals surface area contributed by atoms with Crippen LogP contribution in [-0.4, -0.2) is 77.4 Å². The molecule has 0 unspecified atom stereocenters. The molecule has 1 saturated heterocycles. The molecule has 0 radical (unpaired) electrons. The number of aliphatic hydroxyl groups is 2. The number of carbonyl (C=O) groups is 1. The van der Waals surface area contributed by atoms with Gasteiger partial charge in [-0.1, -0.05) is 33.7 Å². The summed E-state index contributed by atoms with van der Waals surface area (Å²) < 4.78 is 7.88. The van der Waals surface area contributed by atoms with Gasteiger partial charge in [0.15, 0.2) is 5.71 Å². The number of benzene rings is 2. The Morgan fingerprint density at radius 2 is 1.74 bits per heavy atom. The zero-order valence-corrected chi connectivity index (χ0v) is 22.1. The summed E-state index contributed by atoms with van der Waals surface area (Å²) in [6.07, 6.45) is 4.22. The molecule has 2 heterocycles. The van der Waals surface area contributed by atoms with E-state index < -0.39 is 0 Å². The van der Waals surface area contributed by atoms with Gasteiger partial charge in [0.05, 0.1) is 24.2 Å². The molecule has 8 heteroatoms. The third-order valence-corrected chi connectivity index (χ3v) is 9.06. The number of fused-ring (bicyclic) bond motifs is 1. The molecule has 0 saturated carbocycles. The number of anilines is 1. The monoisotopic (exact) mass is 513 g/mol. The lowest BCUT2D eigenvalue weighted by atomic mass is 9.80. The highest BCUT2D eigenvalue weighted by Gasteiger charge is 2.43. The molecule has 4 rings (SSSR count). The van der Waals surface area contributed by atoms with Gasteiger partial charge in [-0.15, -0.1) is 0 Å². The smallest absolute Gasteiger partial charge is 0.338 e. The summed E-state index contributed by atoms with van der Waals surface area (Å²) in [4.78, 5) is 14.7. The van der Waals surface area contributed by atoms with E-state index in [2.05, 4.69) is 37.6 Å². The minimum absolute atomic E-state index is 0.0164. The van der Waals surface area contributed by atoms with E-state index in [9.17, 15) is 15.0 Å². The maximum absolute atomic E-state index is 12.7. The minimum Gasteiger partial charge on any atom is -0.457 e. The molecule has 1 fully saturated rings. The Hall–Kier alpha value is -2.26. The summed E-state index contributed by atoms with van der Waals surface area (Å²) in [7, 11) is 5.56. The largest absolute Gasteiger partial charge is 0.457 e. The molecule has 6 nitrogen and oxygen atoms in total. The normalized spacial score (nSPS) is 17.3. The van der Waals surface area contributed by atoms with E-state index in [0.29, 0.717) is 18.7 Å². The van der Waals surface area contributed by atoms with Crippen molar-refractivity contribution in [2.75, 3.05) is 49.8 Å². The van der Waals surface area contributed by atoms with Crippen LogP contribution in [0.4, 0.5) is 11.4 Å². The third-order valence-electron chi connectivity index (χ3n) is 6.57. The Labute approximate surface area is 215 Å². The first-order chi connectivity index (χ1) is 16.8. The van der Waals surface area contributed by atoms with Crippen molar-refractivity contribution in [3.63, 3.8) is 0 Å². The van der Waals surface area contributed by atoms with E-state index in [1.54, 1.807) is 21.6 Å². The van der Waals surface area contributed by atoms with Gasteiger partial charge < -0.3 is 19.8 Å². The minimum atomic E-state index is -0.269. The number of nitrogens with zero attached hydrogens (tertiary/aromatic N) is 2. The first-order valence-electron chi connectivity index (χ1n) is 11.8. The summed E-state index contributed by atoms with van der Waals surface area (Å²) in [5.41, 5.74) is 5.72. The second-order valence-electron chi connectivity index (χ2n) is 9.26. The number of ether oxygens (including phenoxy) is 1. The van der Waals surface area contributed by atoms with Crippen molar-refractivity contribution in [3.8, 4) is 0 Å². The van der Waals surface area contributed by atoms with Crippen LogP contribution in [0.25, 0.3) is 6.08 Å². The third kappa shape index (κ3) is 5.61. The SMILES string of the molecule is C[N+]1=C(/C=C/c2ccc(N(CCO)CCO)cc2)C(C)(C)c2cc(C(=O)OC3CSSC3)ccc21. The Kier molecular flexibility index (Phi) is 8.27. The topological polar surface area (TPSA) is 73.0 Å². The Morgan fingerprint density at radius 3 is 2.37 bits per heavy atom. The highest BCUT2D eigenvalue weighted by molar-refractivity contribution is 8.77. The van der Waals surface area contributed by atoms with Crippen LogP contribution in [0.15, 0.2) is 48.5 Å². The lowest BCUT2D eigenvalue weighted by Gasteiger charge is -2.22. The number of esters is 1. The van der Waals surface area contributed by atoms with Crippen LogP contribution in [0.1, 0.15) is 35.3 Å². The molecule has 35 heavy (non-hydrogen) atoms. The molecule has 0 atom stereocenters. The number of aliphatic hydroxyl groups excluding tert-OH is 2. The van der Waals surface area contributed by atoms with Crippen molar-refractivity contribution in [1.29, 1.82) is 0 Å². The molecule has 2 aliphatic rings. The molecular formula is C27H33N2O4S2+. The lowest BCUT2D eigenvalue weighted by Crippen LogP contribution is -2.29. The van der Waals surface area contributed by atoms with Crippen molar-refractivity contribution < 1.29 is 24.3 Å². The molecule has 0 aliphatic carbocycles. The number of allylic oxidation sites excluding steroid dienone is 1. The highest BCUT2D eigenvalue weighted by Crippen LogP contribution is 2.40. The van der Waals surface area contributed by atoms with Crippen LogP contribution >= 0.6 is 21.6 Å². The predicted molar refractivity (Wildman–Crippen MR) is 146 cm³/mol. The number of hydrogen-bond donors (Lipinski definition) is 2. The number of hydrogen-bond acceptors (Lipinski definition) is 7. The predicted octanol–water partition coefficient (Wildman–Crippen LogP) is 4.12. The van der Waals surface area contributed by atoms with Crippen LogP contribution in [0.3, 0.4) is 0 Å². The van der Waals surface area contributed by atoms with Crippen molar-refractivity contribution >= 4 is 50.7 Å². The van der Waals surface area contributed by atoms with Gasteiger partial charge in [0.1, 0.15) is 13.2 Å². The first-order valence-corrected chi connectivity index (χ1v) is 14.3. The Balaban J connectivity index is 1.51.